The fraction of sp³-hybridized carbons (Fsp3) is 0.182. The van der Waals surface area contributed by atoms with Crippen molar-refractivity contribution >= 4 is 11.8 Å². The van der Waals surface area contributed by atoms with Gasteiger partial charge < -0.3 is 14.4 Å². The fourth-order valence-electron chi connectivity index (χ4n) is 1.40. The Morgan fingerprint density at radius 2 is 2.35 bits per heavy atom. The second-order valence-corrected chi connectivity index (χ2v) is 3.49. The van der Waals surface area contributed by atoms with Crippen LogP contribution in [0.4, 0.5) is 5.82 Å². The molecule has 2 rings (SSSR count). The SMILES string of the molecule is CN(CC(=O)O)c1cc(-c2ccco2)ncn1. The minimum absolute atomic E-state index is 0.116. The lowest BCUT2D eigenvalue weighted by molar-refractivity contribution is -0.135. The molecule has 0 bridgehead atoms. The predicted molar refractivity (Wildman–Crippen MR) is 60.6 cm³/mol. The summed E-state index contributed by atoms with van der Waals surface area (Å²) in [4.78, 5) is 20.2. The van der Waals surface area contributed by atoms with Gasteiger partial charge in [0.1, 0.15) is 24.4 Å². The summed E-state index contributed by atoms with van der Waals surface area (Å²) in [5.41, 5.74) is 0.622. The first kappa shape index (κ1) is 11.1. The van der Waals surface area contributed by atoms with Crippen molar-refractivity contribution in [3.63, 3.8) is 0 Å². The summed E-state index contributed by atoms with van der Waals surface area (Å²) >= 11 is 0. The number of hydrogen-bond donors (Lipinski definition) is 1. The van der Waals surface area contributed by atoms with Crippen LogP contribution in [0.1, 0.15) is 0 Å². The molecule has 0 radical (unpaired) electrons. The van der Waals surface area contributed by atoms with E-state index < -0.39 is 5.97 Å². The number of nitrogens with zero attached hydrogens (tertiary/aromatic N) is 3. The molecule has 0 saturated carbocycles. The smallest absolute Gasteiger partial charge is 0.323 e. The van der Waals surface area contributed by atoms with Gasteiger partial charge in [-0.2, -0.15) is 0 Å². The quantitative estimate of drug-likeness (QED) is 0.856. The Kier molecular flexibility index (Phi) is 3.04. The monoisotopic (exact) mass is 233 g/mol. The van der Waals surface area contributed by atoms with E-state index in [1.54, 1.807) is 31.5 Å². The molecule has 2 aromatic heterocycles. The largest absolute Gasteiger partial charge is 0.480 e. The first-order chi connectivity index (χ1) is 8.16. The number of likely N-dealkylation sites (N-methyl/N-ethyl adjacent to an activating group) is 1. The van der Waals surface area contributed by atoms with Crippen LogP contribution in [0.5, 0.6) is 0 Å². The molecule has 0 spiro atoms. The van der Waals surface area contributed by atoms with E-state index in [9.17, 15) is 4.79 Å². The standard InChI is InChI=1S/C11H11N3O3/c1-14(6-11(15)16)10-5-8(12-7-13-10)9-3-2-4-17-9/h2-5,7H,6H2,1H3,(H,15,16). The van der Waals surface area contributed by atoms with Gasteiger partial charge in [0.15, 0.2) is 5.76 Å². The van der Waals surface area contributed by atoms with Crippen molar-refractivity contribution in [2.75, 3.05) is 18.5 Å². The zero-order valence-electron chi connectivity index (χ0n) is 9.20. The molecule has 0 aliphatic carbocycles. The molecule has 2 heterocycles. The van der Waals surface area contributed by atoms with Gasteiger partial charge in [-0.3, -0.25) is 4.79 Å². The Morgan fingerprint density at radius 3 is 3.00 bits per heavy atom. The summed E-state index contributed by atoms with van der Waals surface area (Å²) in [6, 6.07) is 5.23. The maximum absolute atomic E-state index is 10.6. The van der Waals surface area contributed by atoms with Crippen LogP contribution in [0, 0.1) is 0 Å². The lowest BCUT2D eigenvalue weighted by Gasteiger charge is -2.15. The molecule has 17 heavy (non-hydrogen) atoms. The molecule has 0 amide bonds. The van der Waals surface area contributed by atoms with E-state index in [4.69, 9.17) is 9.52 Å². The Labute approximate surface area is 97.5 Å². The van der Waals surface area contributed by atoms with E-state index in [0.717, 1.165) is 0 Å². The molecule has 0 aromatic carbocycles. The van der Waals surface area contributed by atoms with Crippen molar-refractivity contribution in [1.82, 2.24) is 9.97 Å². The molecule has 1 N–H and O–H groups in total. The molecule has 0 aliphatic heterocycles. The molecule has 88 valence electrons. The van der Waals surface area contributed by atoms with Crippen molar-refractivity contribution in [1.29, 1.82) is 0 Å². The summed E-state index contributed by atoms with van der Waals surface area (Å²) in [6.45, 7) is -0.116. The number of anilines is 1. The summed E-state index contributed by atoms with van der Waals surface area (Å²) in [5.74, 6) is 0.247. The lowest BCUT2D eigenvalue weighted by atomic mass is 10.3. The number of carbonyl (C=O) groups is 1. The number of aromatic nitrogens is 2. The molecule has 6 nitrogen and oxygen atoms in total. The highest BCUT2D eigenvalue weighted by atomic mass is 16.4. The normalized spacial score (nSPS) is 10.2. The fourth-order valence-corrected chi connectivity index (χ4v) is 1.40. The van der Waals surface area contributed by atoms with Gasteiger partial charge in [-0.05, 0) is 12.1 Å². The highest BCUT2D eigenvalue weighted by molar-refractivity contribution is 5.73. The highest BCUT2D eigenvalue weighted by Gasteiger charge is 2.09. The molecular weight excluding hydrogens is 222 g/mol. The zero-order chi connectivity index (χ0) is 12.3. The van der Waals surface area contributed by atoms with E-state index in [0.29, 0.717) is 17.3 Å². The minimum Gasteiger partial charge on any atom is -0.480 e. The van der Waals surface area contributed by atoms with Gasteiger partial charge in [0.2, 0.25) is 0 Å². The molecule has 0 fully saturated rings. The van der Waals surface area contributed by atoms with Crippen molar-refractivity contribution in [2.45, 2.75) is 0 Å². The second-order valence-electron chi connectivity index (χ2n) is 3.49. The third kappa shape index (κ3) is 2.60. The van der Waals surface area contributed by atoms with Gasteiger partial charge >= 0.3 is 5.97 Å². The van der Waals surface area contributed by atoms with E-state index in [-0.39, 0.29) is 6.54 Å². The van der Waals surface area contributed by atoms with Gasteiger partial charge in [-0.15, -0.1) is 0 Å². The number of hydrogen-bond acceptors (Lipinski definition) is 5. The van der Waals surface area contributed by atoms with Crippen LogP contribution in [0.15, 0.2) is 35.2 Å². The maximum atomic E-state index is 10.6. The summed E-state index contributed by atoms with van der Waals surface area (Å²) < 4.78 is 5.21. The van der Waals surface area contributed by atoms with Crippen LogP contribution in [0.25, 0.3) is 11.5 Å². The van der Waals surface area contributed by atoms with E-state index >= 15 is 0 Å². The summed E-state index contributed by atoms with van der Waals surface area (Å²) in [6.07, 6.45) is 2.93. The number of furan rings is 1. The molecule has 0 atom stereocenters. The lowest BCUT2D eigenvalue weighted by Crippen LogP contribution is -2.25. The second kappa shape index (κ2) is 4.65. The highest BCUT2D eigenvalue weighted by Crippen LogP contribution is 2.20. The van der Waals surface area contributed by atoms with Crippen LogP contribution in [-0.2, 0) is 4.79 Å². The number of carboxylic acid groups (broad SMARTS) is 1. The topological polar surface area (TPSA) is 79.5 Å². The van der Waals surface area contributed by atoms with Crippen molar-refractivity contribution in [3.8, 4) is 11.5 Å². The average Bonchev–Trinajstić information content (AvgIpc) is 2.82. The van der Waals surface area contributed by atoms with Crippen molar-refractivity contribution < 1.29 is 14.3 Å². The molecular formula is C11H11N3O3. The maximum Gasteiger partial charge on any atom is 0.323 e. The van der Waals surface area contributed by atoms with Crippen LogP contribution in [0.2, 0.25) is 0 Å². The third-order valence-corrected chi connectivity index (χ3v) is 2.19. The summed E-state index contributed by atoms with van der Waals surface area (Å²) in [7, 11) is 1.66. The van der Waals surface area contributed by atoms with Crippen LogP contribution in [-0.4, -0.2) is 34.6 Å². The Hall–Kier alpha value is -2.37. The van der Waals surface area contributed by atoms with Gasteiger partial charge in [-0.1, -0.05) is 0 Å². The minimum atomic E-state index is -0.911. The Morgan fingerprint density at radius 1 is 1.53 bits per heavy atom. The van der Waals surface area contributed by atoms with E-state index in [1.807, 2.05) is 0 Å². The number of carboxylic acids is 1. The van der Waals surface area contributed by atoms with Gasteiger partial charge in [0.05, 0.1) is 6.26 Å². The van der Waals surface area contributed by atoms with Crippen molar-refractivity contribution in [3.05, 3.63) is 30.8 Å². The first-order valence-corrected chi connectivity index (χ1v) is 4.95. The van der Waals surface area contributed by atoms with Crippen molar-refractivity contribution in [2.24, 2.45) is 0 Å². The van der Waals surface area contributed by atoms with Crippen LogP contribution >= 0.6 is 0 Å². The predicted octanol–water partition coefficient (Wildman–Crippen LogP) is 1.26. The third-order valence-electron chi connectivity index (χ3n) is 2.19. The molecule has 0 unspecified atom stereocenters. The zero-order valence-corrected chi connectivity index (χ0v) is 9.20. The summed E-state index contributed by atoms with van der Waals surface area (Å²) in [5, 5.41) is 8.69. The van der Waals surface area contributed by atoms with E-state index in [1.165, 1.54) is 11.2 Å². The number of aliphatic carboxylic acids is 1. The van der Waals surface area contributed by atoms with Gasteiger partial charge in [0.25, 0.3) is 0 Å². The number of rotatable bonds is 4. The van der Waals surface area contributed by atoms with Gasteiger partial charge in [0, 0.05) is 13.1 Å². The molecule has 2 aromatic rings. The van der Waals surface area contributed by atoms with E-state index in [2.05, 4.69) is 9.97 Å². The molecule has 0 saturated heterocycles. The average molecular weight is 233 g/mol. The molecule has 6 heteroatoms. The first-order valence-electron chi connectivity index (χ1n) is 4.95. The van der Waals surface area contributed by atoms with Crippen LogP contribution in [0.3, 0.4) is 0 Å². The van der Waals surface area contributed by atoms with Crippen LogP contribution < -0.4 is 4.90 Å². The van der Waals surface area contributed by atoms with Gasteiger partial charge in [-0.25, -0.2) is 9.97 Å². The Bertz CT molecular complexity index is 510. The molecule has 0 aliphatic rings. The Balaban J connectivity index is 2.25.